The van der Waals surface area contributed by atoms with Gasteiger partial charge in [-0.25, -0.2) is 4.40 Å². The molecule has 0 aliphatic heterocycles. The van der Waals surface area contributed by atoms with Crippen molar-refractivity contribution in [3.8, 4) is 21.8 Å². The summed E-state index contributed by atoms with van der Waals surface area (Å²) in [5.74, 6) is 0.560. The Bertz CT molecular complexity index is 1040. The lowest BCUT2D eigenvalue weighted by Gasteiger charge is -2.02. The Morgan fingerprint density at radius 1 is 0.913 bits per heavy atom. The average Bonchev–Trinajstić information content (AvgIpc) is 3.01. The molecule has 2 heterocycles. The van der Waals surface area contributed by atoms with E-state index in [1.165, 1.54) is 11.3 Å². The van der Waals surface area contributed by atoms with Crippen molar-refractivity contribution in [3.05, 3.63) is 76.0 Å². The van der Waals surface area contributed by atoms with Crippen LogP contribution in [0.15, 0.2) is 65.5 Å². The molecule has 0 N–H and O–H groups in total. The number of benzene rings is 2. The minimum atomic E-state index is -0.146. The van der Waals surface area contributed by atoms with Crippen molar-refractivity contribution >= 4 is 27.9 Å². The summed E-state index contributed by atoms with van der Waals surface area (Å²) >= 11 is 7.33. The smallest absolute Gasteiger partial charge is 0.260 e. The van der Waals surface area contributed by atoms with Crippen molar-refractivity contribution in [3.63, 3.8) is 0 Å². The van der Waals surface area contributed by atoms with Gasteiger partial charge in [-0.15, -0.1) is 10.2 Å². The van der Waals surface area contributed by atoms with Crippen LogP contribution in [0.4, 0.5) is 0 Å². The standard InChI is InChI=1S/C17H10ClN3OS/c18-13-8-6-11(7-9-13)14-10-15(22)21-16(19-20-17(21)23-14)12-4-2-1-3-5-12/h1-10H. The van der Waals surface area contributed by atoms with Crippen LogP contribution in [-0.4, -0.2) is 14.6 Å². The first kappa shape index (κ1) is 14.1. The van der Waals surface area contributed by atoms with Gasteiger partial charge in [0.15, 0.2) is 5.82 Å². The largest absolute Gasteiger partial charge is 0.269 e. The van der Waals surface area contributed by atoms with E-state index < -0.39 is 0 Å². The maximum Gasteiger partial charge on any atom is 0.260 e. The number of rotatable bonds is 2. The highest BCUT2D eigenvalue weighted by Gasteiger charge is 2.13. The van der Waals surface area contributed by atoms with Crippen LogP contribution in [0.2, 0.25) is 5.02 Å². The van der Waals surface area contributed by atoms with Gasteiger partial charge in [0.05, 0.1) is 0 Å². The van der Waals surface area contributed by atoms with Crippen molar-refractivity contribution in [1.82, 2.24) is 14.6 Å². The van der Waals surface area contributed by atoms with Gasteiger partial charge in [0.1, 0.15) is 0 Å². The molecule has 0 saturated heterocycles. The van der Waals surface area contributed by atoms with Crippen LogP contribution < -0.4 is 5.56 Å². The number of halogens is 1. The topological polar surface area (TPSA) is 47.3 Å². The van der Waals surface area contributed by atoms with Crippen molar-refractivity contribution in [2.24, 2.45) is 0 Å². The van der Waals surface area contributed by atoms with Gasteiger partial charge in [0.2, 0.25) is 4.96 Å². The molecule has 0 radical (unpaired) electrons. The highest BCUT2D eigenvalue weighted by atomic mass is 35.5. The number of hydrogen-bond acceptors (Lipinski definition) is 4. The van der Waals surface area contributed by atoms with Crippen LogP contribution in [0.3, 0.4) is 0 Å². The highest BCUT2D eigenvalue weighted by Crippen LogP contribution is 2.27. The van der Waals surface area contributed by atoms with Gasteiger partial charge in [-0.1, -0.05) is 65.4 Å². The minimum absolute atomic E-state index is 0.146. The fourth-order valence-electron chi connectivity index (χ4n) is 2.37. The second-order valence-corrected chi connectivity index (χ2v) is 6.41. The summed E-state index contributed by atoms with van der Waals surface area (Å²) in [6.07, 6.45) is 0. The Kier molecular flexibility index (Phi) is 3.44. The van der Waals surface area contributed by atoms with E-state index in [1.807, 2.05) is 42.5 Å². The first-order valence-electron chi connectivity index (χ1n) is 6.93. The second-order valence-electron chi connectivity index (χ2n) is 4.96. The molecule has 0 amide bonds. The van der Waals surface area contributed by atoms with Crippen molar-refractivity contribution < 1.29 is 0 Å². The van der Waals surface area contributed by atoms with Crippen LogP contribution in [0.1, 0.15) is 0 Å². The fraction of sp³-hybridized carbons (Fsp3) is 0. The van der Waals surface area contributed by atoms with E-state index in [4.69, 9.17) is 11.6 Å². The Morgan fingerprint density at radius 3 is 2.39 bits per heavy atom. The van der Waals surface area contributed by atoms with Crippen molar-refractivity contribution in [2.45, 2.75) is 0 Å². The molecule has 4 aromatic rings. The molecule has 0 saturated carbocycles. The van der Waals surface area contributed by atoms with E-state index in [2.05, 4.69) is 10.2 Å². The molecule has 0 fully saturated rings. The quantitative estimate of drug-likeness (QED) is 0.551. The predicted molar refractivity (Wildman–Crippen MR) is 93.0 cm³/mol. The van der Waals surface area contributed by atoms with Crippen molar-refractivity contribution in [2.75, 3.05) is 0 Å². The van der Waals surface area contributed by atoms with Crippen LogP contribution in [0, 0.1) is 0 Å². The molecule has 4 rings (SSSR count). The molecule has 112 valence electrons. The van der Waals surface area contributed by atoms with Crippen LogP contribution in [0.25, 0.3) is 26.8 Å². The SMILES string of the molecule is O=c1cc(-c2ccc(Cl)cc2)sc2nnc(-c3ccccc3)n12. The van der Waals surface area contributed by atoms with E-state index in [0.717, 1.165) is 16.0 Å². The highest BCUT2D eigenvalue weighted by molar-refractivity contribution is 7.19. The lowest BCUT2D eigenvalue weighted by atomic mass is 10.2. The van der Waals surface area contributed by atoms with E-state index in [1.54, 1.807) is 22.6 Å². The molecular weight excluding hydrogens is 330 g/mol. The summed E-state index contributed by atoms with van der Waals surface area (Å²) in [5, 5.41) is 9.01. The van der Waals surface area contributed by atoms with Crippen LogP contribution in [-0.2, 0) is 0 Å². The number of hydrogen-bond donors (Lipinski definition) is 0. The molecule has 0 bridgehead atoms. The molecule has 2 aromatic heterocycles. The van der Waals surface area contributed by atoms with Gasteiger partial charge in [0, 0.05) is 21.5 Å². The Hall–Kier alpha value is -2.50. The first-order valence-corrected chi connectivity index (χ1v) is 8.12. The van der Waals surface area contributed by atoms with Gasteiger partial charge in [-0.05, 0) is 17.7 Å². The Labute approximate surface area is 140 Å². The fourth-order valence-corrected chi connectivity index (χ4v) is 3.46. The maximum absolute atomic E-state index is 12.6. The van der Waals surface area contributed by atoms with E-state index >= 15 is 0 Å². The zero-order valence-electron chi connectivity index (χ0n) is 11.8. The molecule has 0 aliphatic rings. The van der Waals surface area contributed by atoms with Crippen LogP contribution >= 0.6 is 22.9 Å². The number of nitrogens with zero attached hydrogens (tertiary/aromatic N) is 3. The third kappa shape index (κ3) is 2.54. The Balaban J connectivity index is 1.91. The monoisotopic (exact) mass is 339 g/mol. The molecule has 23 heavy (non-hydrogen) atoms. The summed E-state index contributed by atoms with van der Waals surface area (Å²) in [5.41, 5.74) is 1.65. The zero-order chi connectivity index (χ0) is 15.8. The molecule has 2 aromatic carbocycles. The van der Waals surface area contributed by atoms with Gasteiger partial charge >= 0.3 is 0 Å². The number of fused-ring (bicyclic) bond motifs is 1. The van der Waals surface area contributed by atoms with Gasteiger partial charge in [0.25, 0.3) is 5.56 Å². The molecule has 0 atom stereocenters. The van der Waals surface area contributed by atoms with E-state index in [-0.39, 0.29) is 5.56 Å². The molecule has 0 spiro atoms. The molecule has 4 nitrogen and oxygen atoms in total. The molecule has 0 unspecified atom stereocenters. The predicted octanol–water partition coefficient (Wildman–Crippen LogP) is 4.14. The van der Waals surface area contributed by atoms with E-state index in [0.29, 0.717) is 15.8 Å². The van der Waals surface area contributed by atoms with Crippen LogP contribution in [0.5, 0.6) is 0 Å². The zero-order valence-corrected chi connectivity index (χ0v) is 13.4. The second kappa shape index (κ2) is 5.61. The van der Waals surface area contributed by atoms with E-state index in [9.17, 15) is 4.79 Å². The lowest BCUT2D eigenvalue weighted by molar-refractivity contribution is 1.09. The Morgan fingerprint density at radius 2 is 1.65 bits per heavy atom. The molecule has 6 heteroatoms. The van der Waals surface area contributed by atoms with Gasteiger partial charge in [-0.2, -0.15) is 0 Å². The lowest BCUT2D eigenvalue weighted by Crippen LogP contribution is -2.11. The normalized spacial score (nSPS) is 11.0. The number of aromatic nitrogens is 3. The summed E-state index contributed by atoms with van der Waals surface area (Å²) in [7, 11) is 0. The van der Waals surface area contributed by atoms with Crippen molar-refractivity contribution in [1.29, 1.82) is 0 Å². The maximum atomic E-state index is 12.6. The first-order chi connectivity index (χ1) is 11.2. The molecular formula is C17H10ClN3OS. The summed E-state index contributed by atoms with van der Waals surface area (Å²) in [4.78, 5) is 14.0. The summed E-state index contributed by atoms with van der Waals surface area (Å²) in [6, 6.07) is 18.6. The van der Waals surface area contributed by atoms with Gasteiger partial charge in [-0.3, -0.25) is 4.79 Å². The summed E-state index contributed by atoms with van der Waals surface area (Å²) in [6.45, 7) is 0. The third-order valence-electron chi connectivity index (χ3n) is 3.47. The molecule has 0 aliphatic carbocycles. The average molecular weight is 340 g/mol. The summed E-state index contributed by atoms with van der Waals surface area (Å²) < 4.78 is 1.54. The third-order valence-corrected chi connectivity index (χ3v) is 4.74. The van der Waals surface area contributed by atoms with Gasteiger partial charge < -0.3 is 0 Å². The minimum Gasteiger partial charge on any atom is -0.269 e.